The van der Waals surface area contributed by atoms with Crippen LogP contribution in [0.25, 0.3) is 0 Å². The fourth-order valence-corrected chi connectivity index (χ4v) is 2.99. The SMILES string of the molecule is CCC(CC)(CNC(C)c1cc(O)cc(O)c1)SC. The van der Waals surface area contributed by atoms with Crippen LogP contribution in [0.15, 0.2) is 18.2 Å². The Morgan fingerprint density at radius 1 is 1.16 bits per heavy atom. The number of nitrogens with one attached hydrogen (secondary N) is 1. The van der Waals surface area contributed by atoms with Gasteiger partial charge < -0.3 is 15.5 Å². The van der Waals surface area contributed by atoms with Crippen LogP contribution >= 0.6 is 11.8 Å². The highest BCUT2D eigenvalue weighted by atomic mass is 32.2. The van der Waals surface area contributed by atoms with Crippen molar-refractivity contribution in [2.45, 2.75) is 44.4 Å². The minimum Gasteiger partial charge on any atom is -0.508 e. The molecule has 3 N–H and O–H groups in total. The Morgan fingerprint density at radius 3 is 2.11 bits per heavy atom. The summed E-state index contributed by atoms with van der Waals surface area (Å²) >= 11 is 1.90. The Hall–Kier alpha value is -0.870. The van der Waals surface area contributed by atoms with Gasteiger partial charge in [-0.15, -0.1) is 0 Å². The summed E-state index contributed by atoms with van der Waals surface area (Å²) in [5.41, 5.74) is 0.903. The Morgan fingerprint density at radius 2 is 1.68 bits per heavy atom. The van der Waals surface area contributed by atoms with E-state index in [0.29, 0.717) is 0 Å². The average molecular weight is 283 g/mol. The van der Waals surface area contributed by atoms with Crippen LogP contribution in [0.3, 0.4) is 0 Å². The Balaban J connectivity index is 2.71. The number of thioether (sulfide) groups is 1. The number of hydrogen-bond donors (Lipinski definition) is 3. The van der Waals surface area contributed by atoms with E-state index < -0.39 is 0 Å². The molecule has 19 heavy (non-hydrogen) atoms. The smallest absolute Gasteiger partial charge is 0.119 e. The molecule has 0 aliphatic heterocycles. The Labute approximate surface area is 120 Å². The molecule has 0 aliphatic rings. The third-order valence-corrected chi connectivity index (χ3v) is 5.46. The summed E-state index contributed by atoms with van der Waals surface area (Å²) in [5, 5.41) is 22.5. The van der Waals surface area contributed by atoms with Crippen molar-refractivity contribution in [1.29, 1.82) is 0 Å². The molecule has 0 fully saturated rings. The monoisotopic (exact) mass is 283 g/mol. The van der Waals surface area contributed by atoms with E-state index in [1.54, 1.807) is 12.1 Å². The number of benzene rings is 1. The van der Waals surface area contributed by atoms with Crippen LogP contribution in [0.2, 0.25) is 0 Å². The molecule has 1 unspecified atom stereocenters. The predicted octanol–water partition coefficient (Wildman–Crippen LogP) is 3.67. The van der Waals surface area contributed by atoms with Crippen molar-refractivity contribution in [2.75, 3.05) is 12.8 Å². The van der Waals surface area contributed by atoms with E-state index in [1.807, 2.05) is 18.7 Å². The van der Waals surface area contributed by atoms with Gasteiger partial charge in [0.1, 0.15) is 11.5 Å². The van der Waals surface area contributed by atoms with Crippen molar-refractivity contribution in [2.24, 2.45) is 0 Å². The van der Waals surface area contributed by atoms with Gasteiger partial charge in [-0.1, -0.05) is 13.8 Å². The minimum atomic E-state index is 0.0997. The molecule has 0 bridgehead atoms. The number of phenolic OH excluding ortho intramolecular Hbond substituents is 2. The Kier molecular flexibility index (Phi) is 6.01. The van der Waals surface area contributed by atoms with E-state index in [0.717, 1.165) is 24.9 Å². The zero-order valence-corrected chi connectivity index (χ0v) is 13.0. The van der Waals surface area contributed by atoms with E-state index in [4.69, 9.17) is 0 Å². The first-order valence-electron chi connectivity index (χ1n) is 6.77. The molecule has 1 aromatic carbocycles. The van der Waals surface area contributed by atoms with Crippen molar-refractivity contribution in [3.8, 4) is 11.5 Å². The largest absolute Gasteiger partial charge is 0.508 e. The van der Waals surface area contributed by atoms with Crippen molar-refractivity contribution >= 4 is 11.8 Å². The van der Waals surface area contributed by atoms with Gasteiger partial charge in [0, 0.05) is 23.4 Å². The van der Waals surface area contributed by atoms with Crippen LogP contribution < -0.4 is 5.32 Å². The lowest BCUT2D eigenvalue weighted by molar-refractivity contribution is 0.438. The van der Waals surface area contributed by atoms with E-state index in [2.05, 4.69) is 25.4 Å². The maximum atomic E-state index is 9.52. The third kappa shape index (κ3) is 4.32. The van der Waals surface area contributed by atoms with Gasteiger partial charge in [-0.2, -0.15) is 11.8 Å². The molecule has 1 rings (SSSR count). The molecule has 0 radical (unpaired) electrons. The number of hydrogen-bond acceptors (Lipinski definition) is 4. The first kappa shape index (κ1) is 16.2. The van der Waals surface area contributed by atoms with Crippen molar-refractivity contribution < 1.29 is 10.2 Å². The molecule has 1 atom stereocenters. The first-order chi connectivity index (χ1) is 8.96. The summed E-state index contributed by atoms with van der Waals surface area (Å²) in [6.07, 6.45) is 4.39. The first-order valence-corrected chi connectivity index (χ1v) is 8.00. The molecule has 0 amide bonds. The molecule has 1 aromatic rings. The maximum Gasteiger partial charge on any atom is 0.119 e. The average Bonchev–Trinajstić information content (AvgIpc) is 2.39. The normalized spacial score (nSPS) is 13.5. The molecule has 108 valence electrons. The number of aromatic hydroxyl groups is 2. The van der Waals surface area contributed by atoms with Gasteiger partial charge in [-0.05, 0) is 43.7 Å². The predicted molar refractivity (Wildman–Crippen MR) is 83.0 cm³/mol. The molecule has 0 saturated heterocycles. The van der Waals surface area contributed by atoms with Crippen LogP contribution in [-0.2, 0) is 0 Å². The molecular formula is C15H25NO2S. The standard InChI is InChI=1S/C15H25NO2S/c1-5-15(6-2,19-4)10-16-11(3)12-7-13(17)9-14(18)8-12/h7-9,11,16-18H,5-6,10H2,1-4H3. The highest BCUT2D eigenvalue weighted by Gasteiger charge is 2.25. The quantitative estimate of drug-likeness (QED) is 0.714. The van der Waals surface area contributed by atoms with Crippen molar-refractivity contribution in [3.63, 3.8) is 0 Å². The highest BCUT2D eigenvalue weighted by molar-refractivity contribution is 8.00. The lowest BCUT2D eigenvalue weighted by Gasteiger charge is -2.31. The summed E-state index contributed by atoms with van der Waals surface area (Å²) in [4.78, 5) is 0. The lowest BCUT2D eigenvalue weighted by atomic mass is 10.0. The van der Waals surface area contributed by atoms with E-state index >= 15 is 0 Å². The molecule has 3 nitrogen and oxygen atoms in total. The van der Waals surface area contributed by atoms with Crippen molar-refractivity contribution in [1.82, 2.24) is 5.32 Å². The summed E-state index contributed by atoms with van der Waals surface area (Å²) in [6, 6.07) is 4.83. The highest BCUT2D eigenvalue weighted by Crippen LogP contribution is 2.31. The van der Waals surface area contributed by atoms with Crippen LogP contribution in [0.5, 0.6) is 11.5 Å². The molecule has 0 aromatic heterocycles. The van der Waals surface area contributed by atoms with Crippen molar-refractivity contribution in [3.05, 3.63) is 23.8 Å². The van der Waals surface area contributed by atoms with E-state index in [9.17, 15) is 10.2 Å². The zero-order chi connectivity index (χ0) is 14.5. The second-order valence-corrected chi connectivity index (χ2v) is 6.25. The fourth-order valence-electron chi connectivity index (χ4n) is 2.19. The van der Waals surface area contributed by atoms with Gasteiger partial charge in [-0.25, -0.2) is 0 Å². The second kappa shape index (κ2) is 7.06. The van der Waals surface area contributed by atoms with E-state index in [-0.39, 0.29) is 22.3 Å². The second-order valence-electron chi connectivity index (χ2n) is 4.98. The van der Waals surface area contributed by atoms with Crippen LogP contribution in [0.4, 0.5) is 0 Å². The van der Waals surface area contributed by atoms with Gasteiger partial charge in [0.25, 0.3) is 0 Å². The van der Waals surface area contributed by atoms with Gasteiger partial charge in [-0.3, -0.25) is 0 Å². The molecular weight excluding hydrogens is 258 g/mol. The Bertz CT molecular complexity index is 377. The van der Waals surface area contributed by atoms with Crippen LogP contribution in [-0.4, -0.2) is 27.8 Å². The maximum absolute atomic E-state index is 9.52. The van der Waals surface area contributed by atoms with Gasteiger partial charge in [0.05, 0.1) is 0 Å². The summed E-state index contributed by atoms with van der Waals surface area (Å²) in [7, 11) is 0. The lowest BCUT2D eigenvalue weighted by Crippen LogP contribution is -2.37. The molecule has 4 heteroatoms. The summed E-state index contributed by atoms with van der Waals surface area (Å²) in [6.45, 7) is 7.39. The van der Waals surface area contributed by atoms with Crippen LogP contribution in [0, 0.1) is 0 Å². The minimum absolute atomic E-state index is 0.0997. The number of rotatable bonds is 7. The fraction of sp³-hybridized carbons (Fsp3) is 0.600. The summed E-state index contributed by atoms with van der Waals surface area (Å²) in [5.74, 6) is 0.205. The van der Waals surface area contributed by atoms with E-state index in [1.165, 1.54) is 6.07 Å². The summed E-state index contributed by atoms with van der Waals surface area (Å²) < 4.78 is 0.257. The molecule has 0 spiro atoms. The molecule has 0 aliphatic carbocycles. The third-order valence-electron chi connectivity index (χ3n) is 3.88. The van der Waals surface area contributed by atoms with Gasteiger partial charge in [0.15, 0.2) is 0 Å². The van der Waals surface area contributed by atoms with Gasteiger partial charge >= 0.3 is 0 Å². The zero-order valence-electron chi connectivity index (χ0n) is 12.2. The van der Waals surface area contributed by atoms with Crippen LogP contribution in [0.1, 0.15) is 45.2 Å². The topological polar surface area (TPSA) is 52.5 Å². The molecule has 0 saturated carbocycles. The molecule has 0 heterocycles. The number of phenols is 2. The van der Waals surface area contributed by atoms with Gasteiger partial charge in [0.2, 0.25) is 0 Å².